The van der Waals surface area contributed by atoms with Crippen LogP contribution in [0.2, 0.25) is 5.28 Å². The van der Waals surface area contributed by atoms with Gasteiger partial charge in [0.2, 0.25) is 5.28 Å². The van der Waals surface area contributed by atoms with Crippen LogP contribution >= 0.6 is 22.9 Å². The van der Waals surface area contributed by atoms with E-state index >= 15 is 0 Å². The van der Waals surface area contributed by atoms with Crippen molar-refractivity contribution in [3.63, 3.8) is 0 Å². The van der Waals surface area contributed by atoms with Crippen LogP contribution in [0, 0.1) is 5.92 Å². The molecule has 124 valence electrons. The average molecular weight is 350 g/mol. The molecule has 2 heterocycles. The number of rotatable bonds is 2. The fourth-order valence-corrected chi connectivity index (χ4v) is 5.64. The number of hydrogen-bond donors (Lipinski definition) is 1. The zero-order valence-electron chi connectivity index (χ0n) is 13.7. The van der Waals surface area contributed by atoms with E-state index in [4.69, 9.17) is 11.6 Å². The third-order valence-electron chi connectivity index (χ3n) is 5.32. The predicted octanol–water partition coefficient (Wildman–Crippen LogP) is 5.60. The van der Waals surface area contributed by atoms with E-state index in [1.54, 1.807) is 0 Å². The smallest absolute Gasteiger partial charge is 0.225 e. The Balaban J connectivity index is 1.73. The molecule has 5 heteroatoms. The van der Waals surface area contributed by atoms with Crippen LogP contribution in [0.5, 0.6) is 0 Å². The Morgan fingerprint density at radius 2 is 1.87 bits per heavy atom. The highest BCUT2D eigenvalue weighted by Crippen LogP contribution is 2.40. The maximum atomic E-state index is 6.21. The van der Waals surface area contributed by atoms with Gasteiger partial charge >= 0.3 is 0 Å². The molecule has 1 atom stereocenters. The van der Waals surface area contributed by atoms with Gasteiger partial charge in [0, 0.05) is 10.9 Å². The van der Waals surface area contributed by atoms with Gasteiger partial charge in [0.25, 0.3) is 0 Å². The van der Waals surface area contributed by atoms with Crippen LogP contribution in [0.25, 0.3) is 10.2 Å². The number of aromatic nitrogens is 2. The van der Waals surface area contributed by atoms with E-state index in [2.05, 4.69) is 22.2 Å². The van der Waals surface area contributed by atoms with Crippen LogP contribution in [0.15, 0.2) is 0 Å². The van der Waals surface area contributed by atoms with Gasteiger partial charge in [-0.3, -0.25) is 0 Å². The molecule has 0 aliphatic heterocycles. The van der Waals surface area contributed by atoms with Crippen molar-refractivity contribution in [1.82, 2.24) is 9.97 Å². The maximum absolute atomic E-state index is 6.21. The molecule has 1 unspecified atom stereocenters. The third kappa shape index (κ3) is 3.20. The zero-order chi connectivity index (χ0) is 15.8. The van der Waals surface area contributed by atoms with Gasteiger partial charge in [0.1, 0.15) is 10.6 Å². The summed E-state index contributed by atoms with van der Waals surface area (Å²) in [6.45, 7) is 2.34. The lowest BCUT2D eigenvalue weighted by molar-refractivity contribution is 0.509. The van der Waals surface area contributed by atoms with Gasteiger partial charge in [-0.25, -0.2) is 9.97 Å². The van der Waals surface area contributed by atoms with E-state index in [0.29, 0.717) is 11.3 Å². The molecule has 4 rings (SSSR count). The van der Waals surface area contributed by atoms with Crippen molar-refractivity contribution in [3.05, 3.63) is 15.7 Å². The van der Waals surface area contributed by atoms with Gasteiger partial charge in [0.15, 0.2) is 0 Å². The number of aryl methyl sites for hydroxylation is 1. The molecule has 0 amide bonds. The molecule has 0 aromatic carbocycles. The van der Waals surface area contributed by atoms with Crippen LogP contribution in [-0.4, -0.2) is 16.0 Å². The molecule has 2 aromatic heterocycles. The number of nitrogens with zero attached hydrogens (tertiary/aromatic N) is 2. The van der Waals surface area contributed by atoms with Crippen molar-refractivity contribution < 1.29 is 0 Å². The number of fused-ring (bicyclic) bond motifs is 3. The fourth-order valence-electron chi connectivity index (χ4n) is 4.04. The first-order valence-corrected chi connectivity index (χ1v) is 10.1. The highest BCUT2D eigenvalue weighted by Gasteiger charge is 2.24. The van der Waals surface area contributed by atoms with Crippen molar-refractivity contribution in [1.29, 1.82) is 0 Å². The Kier molecular flexibility index (Phi) is 4.46. The van der Waals surface area contributed by atoms with E-state index in [-0.39, 0.29) is 0 Å². The Bertz CT molecular complexity index is 704. The summed E-state index contributed by atoms with van der Waals surface area (Å²) in [5, 5.41) is 5.35. The average Bonchev–Trinajstić information content (AvgIpc) is 2.68. The molecule has 2 aliphatic rings. The molecule has 1 saturated carbocycles. The lowest BCUT2D eigenvalue weighted by Crippen LogP contribution is -2.19. The molecule has 1 fully saturated rings. The second kappa shape index (κ2) is 6.56. The highest BCUT2D eigenvalue weighted by molar-refractivity contribution is 7.19. The molecule has 2 aliphatic carbocycles. The van der Waals surface area contributed by atoms with Gasteiger partial charge in [-0.2, -0.15) is 0 Å². The minimum atomic E-state index is 0.375. The Morgan fingerprint density at radius 3 is 2.65 bits per heavy atom. The van der Waals surface area contributed by atoms with Gasteiger partial charge < -0.3 is 5.32 Å². The Hall–Kier alpha value is -0.870. The van der Waals surface area contributed by atoms with Crippen molar-refractivity contribution >= 4 is 39.0 Å². The van der Waals surface area contributed by atoms with Crippen molar-refractivity contribution in [3.8, 4) is 0 Å². The molecule has 1 N–H and O–H groups in total. The summed E-state index contributed by atoms with van der Waals surface area (Å²) < 4.78 is 0. The molecular weight excluding hydrogens is 326 g/mol. The first kappa shape index (κ1) is 15.6. The van der Waals surface area contributed by atoms with Crippen LogP contribution in [0.3, 0.4) is 0 Å². The quantitative estimate of drug-likeness (QED) is 0.566. The number of halogens is 1. The standard InChI is InChI=1S/C18H24ClN3S/c1-11-8-9-13-14(10-11)23-17-15(13)16(21-18(19)22-17)20-12-6-4-2-3-5-7-12/h11-12H,2-10H2,1H3,(H,20,21,22). The zero-order valence-corrected chi connectivity index (χ0v) is 15.3. The molecular formula is C18H24ClN3S. The Labute approximate surface area is 146 Å². The molecule has 0 spiro atoms. The molecule has 3 nitrogen and oxygen atoms in total. The monoisotopic (exact) mass is 349 g/mol. The molecule has 2 aromatic rings. The summed E-state index contributed by atoms with van der Waals surface area (Å²) in [5.74, 6) is 1.76. The van der Waals surface area contributed by atoms with E-state index in [0.717, 1.165) is 23.0 Å². The first-order valence-electron chi connectivity index (χ1n) is 8.95. The normalized spacial score (nSPS) is 22.8. The summed E-state index contributed by atoms with van der Waals surface area (Å²) in [6, 6.07) is 0.532. The summed E-state index contributed by atoms with van der Waals surface area (Å²) in [7, 11) is 0. The lowest BCUT2D eigenvalue weighted by Gasteiger charge is -2.20. The van der Waals surface area contributed by atoms with Crippen molar-refractivity contribution in [2.24, 2.45) is 5.92 Å². The molecule has 0 bridgehead atoms. The predicted molar refractivity (Wildman–Crippen MR) is 98.7 cm³/mol. The maximum Gasteiger partial charge on any atom is 0.225 e. The summed E-state index contributed by atoms with van der Waals surface area (Å²) in [6.07, 6.45) is 11.5. The van der Waals surface area contributed by atoms with Crippen LogP contribution in [0.4, 0.5) is 5.82 Å². The van der Waals surface area contributed by atoms with E-state index in [9.17, 15) is 0 Å². The van der Waals surface area contributed by atoms with Crippen LogP contribution in [-0.2, 0) is 12.8 Å². The van der Waals surface area contributed by atoms with Crippen molar-refractivity contribution in [2.75, 3.05) is 5.32 Å². The summed E-state index contributed by atoms with van der Waals surface area (Å²) >= 11 is 8.03. The Morgan fingerprint density at radius 1 is 1.09 bits per heavy atom. The summed E-state index contributed by atoms with van der Waals surface area (Å²) in [4.78, 5) is 11.7. The SMILES string of the molecule is CC1CCc2c(sc3nc(Cl)nc(NC4CCCCCC4)c23)C1. The van der Waals surface area contributed by atoms with Crippen molar-refractivity contribution in [2.45, 2.75) is 70.8 Å². The van der Waals surface area contributed by atoms with Gasteiger partial charge in [0.05, 0.1) is 5.39 Å². The second-order valence-corrected chi connectivity index (χ2v) is 8.63. The second-order valence-electron chi connectivity index (χ2n) is 7.21. The lowest BCUT2D eigenvalue weighted by atomic mass is 9.89. The largest absolute Gasteiger partial charge is 0.367 e. The molecule has 0 radical (unpaired) electrons. The van der Waals surface area contributed by atoms with E-state index in [1.807, 2.05) is 11.3 Å². The van der Waals surface area contributed by atoms with Crippen LogP contribution < -0.4 is 5.32 Å². The highest BCUT2D eigenvalue weighted by atomic mass is 35.5. The number of anilines is 1. The minimum absolute atomic E-state index is 0.375. The van der Waals surface area contributed by atoms with Gasteiger partial charge in [-0.15, -0.1) is 11.3 Å². The van der Waals surface area contributed by atoms with E-state index < -0.39 is 0 Å². The van der Waals surface area contributed by atoms with E-state index in [1.165, 1.54) is 67.2 Å². The number of hydrogen-bond acceptors (Lipinski definition) is 4. The first-order chi connectivity index (χ1) is 11.2. The molecule has 0 saturated heterocycles. The number of nitrogens with one attached hydrogen (secondary N) is 1. The summed E-state index contributed by atoms with van der Waals surface area (Å²) in [5.41, 5.74) is 1.48. The topological polar surface area (TPSA) is 37.8 Å². The molecule has 23 heavy (non-hydrogen) atoms. The van der Waals surface area contributed by atoms with Gasteiger partial charge in [-0.1, -0.05) is 32.6 Å². The minimum Gasteiger partial charge on any atom is -0.367 e. The van der Waals surface area contributed by atoms with Crippen LogP contribution in [0.1, 0.15) is 62.3 Å². The fraction of sp³-hybridized carbons (Fsp3) is 0.667. The third-order valence-corrected chi connectivity index (χ3v) is 6.64. The van der Waals surface area contributed by atoms with Gasteiger partial charge in [-0.05, 0) is 55.2 Å². The number of thiophene rings is 1.